The summed E-state index contributed by atoms with van der Waals surface area (Å²) in [7, 11) is 0. The van der Waals surface area contributed by atoms with Crippen molar-refractivity contribution in [2.45, 2.75) is 58.9 Å². The van der Waals surface area contributed by atoms with E-state index in [9.17, 15) is 9.90 Å². The average Bonchev–Trinajstić information content (AvgIpc) is 2.49. The predicted molar refractivity (Wildman–Crippen MR) is 86.8 cm³/mol. The van der Waals surface area contributed by atoms with Crippen LogP contribution in [0.2, 0.25) is 0 Å². The number of aliphatic carboxylic acids is 1. The lowest BCUT2D eigenvalue weighted by Crippen LogP contribution is -2.52. The van der Waals surface area contributed by atoms with Crippen LogP contribution in [0.15, 0.2) is 0 Å². The monoisotopic (exact) mass is 302 g/mol. The van der Waals surface area contributed by atoms with Crippen molar-refractivity contribution in [3.05, 3.63) is 0 Å². The van der Waals surface area contributed by atoms with E-state index in [1.807, 2.05) is 13.8 Å². The Bertz CT molecular complexity index is 274. The van der Waals surface area contributed by atoms with Gasteiger partial charge in [-0.2, -0.15) is 0 Å². The van der Waals surface area contributed by atoms with E-state index in [2.05, 4.69) is 24.1 Å². The number of nitrogens with one attached hydrogen (secondary N) is 1. The topological polar surface area (TPSA) is 61.8 Å². The maximum atomic E-state index is 11.6. The molecule has 0 bridgehead atoms. The van der Waals surface area contributed by atoms with E-state index in [-0.39, 0.29) is 0 Å². The largest absolute Gasteiger partial charge is 0.480 e. The van der Waals surface area contributed by atoms with E-state index in [0.717, 1.165) is 52.2 Å². The van der Waals surface area contributed by atoms with Crippen molar-refractivity contribution < 1.29 is 14.6 Å². The van der Waals surface area contributed by atoms with Crippen LogP contribution in [0.4, 0.5) is 0 Å². The number of carbonyl (C=O) groups is 1. The van der Waals surface area contributed by atoms with Gasteiger partial charge in [0, 0.05) is 13.2 Å². The van der Waals surface area contributed by atoms with Gasteiger partial charge in [-0.25, -0.2) is 0 Å². The van der Waals surface area contributed by atoms with Crippen LogP contribution in [0, 0.1) is 0 Å². The first-order valence-corrected chi connectivity index (χ1v) is 8.34. The molecule has 0 saturated carbocycles. The number of nitrogens with zero attached hydrogens (tertiary/aromatic N) is 1. The number of hydrogen-bond acceptors (Lipinski definition) is 4. The number of carboxylic acids is 1. The SMILES string of the molecule is CCCNC(CC)(CCCN(CC)CCOCC)C(=O)O. The standard InChI is InChI=1S/C16H34N2O3/c1-5-11-17-16(6-2,15(19)20)10-9-12-18(7-3)13-14-21-8-4/h17H,5-14H2,1-4H3,(H,19,20). The van der Waals surface area contributed by atoms with Gasteiger partial charge in [0.1, 0.15) is 5.54 Å². The second kappa shape index (κ2) is 12.0. The molecule has 0 aliphatic carbocycles. The summed E-state index contributed by atoms with van der Waals surface area (Å²) in [4.78, 5) is 13.9. The Hall–Kier alpha value is -0.650. The summed E-state index contributed by atoms with van der Waals surface area (Å²) in [5.41, 5.74) is -0.769. The lowest BCUT2D eigenvalue weighted by atomic mass is 9.90. The lowest BCUT2D eigenvalue weighted by molar-refractivity contribution is -0.145. The first-order chi connectivity index (χ1) is 10.1. The van der Waals surface area contributed by atoms with Crippen LogP contribution >= 0.6 is 0 Å². The molecule has 5 heteroatoms. The quantitative estimate of drug-likeness (QED) is 0.482. The van der Waals surface area contributed by atoms with E-state index >= 15 is 0 Å². The van der Waals surface area contributed by atoms with Crippen LogP contribution in [-0.2, 0) is 9.53 Å². The van der Waals surface area contributed by atoms with Crippen LogP contribution in [-0.4, -0.2) is 60.9 Å². The molecule has 21 heavy (non-hydrogen) atoms. The van der Waals surface area contributed by atoms with Crippen LogP contribution < -0.4 is 5.32 Å². The normalized spacial score (nSPS) is 14.3. The van der Waals surface area contributed by atoms with E-state index in [0.29, 0.717) is 12.8 Å². The molecule has 0 heterocycles. The third-order valence-electron chi connectivity index (χ3n) is 4.01. The van der Waals surface area contributed by atoms with E-state index < -0.39 is 11.5 Å². The van der Waals surface area contributed by atoms with Crippen molar-refractivity contribution in [1.82, 2.24) is 10.2 Å². The van der Waals surface area contributed by atoms with Gasteiger partial charge in [0.25, 0.3) is 0 Å². The van der Waals surface area contributed by atoms with Gasteiger partial charge in [-0.3, -0.25) is 4.79 Å². The highest BCUT2D eigenvalue weighted by Gasteiger charge is 2.35. The molecular weight excluding hydrogens is 268 g/mol. The summed E-state index contributed by atoms with van der Waals surface area (Å²) in [5.74, 6) is -0.726. The fourth-order valence-electron chi connectivity index (χ4n) is 2.46. The van der Waals surface area contributed by atoms with Crippen LogP contribution in [0.1, 0.15) is 53.4 Å². The van der Waals surface area contributed by atoms with Crippen LogP contribution in [0.3, 0.4) is 0 Å². The second-order valence-corrected chi connectivity index (χ2v) is 5.40. The maximum absolute atomic E-state index is 11.6. The summed E-state index contributed by atoms with van der Waals surface area (Å²) in [6, 6.07) is 0. The Kier molecular flexibility index (Phi) is 11.6. The third-order valence-corrected chi connectivity index (χ3v) is 4.01. The van der Waals surface area contributed by atoms with Crippen molar-refractivity contribution in [3.63, 3.8) is 0 Å². The summed E-state index contributed by atoms with van der Waals surface area (Å²) in [6.45, 7) is 13.2. The summed E-state index contributed by atoms with van der Waals surface area (Å²) in [5, 5.41) is 12.8. The zero-order valence-corrected chi connectivity index (χ0v) is 14.3. The number of rotatable bonds is 14. The minimum atomic E-state index is -0.769. The van der Waals surface area contributed by atoms with Crippen molar-refractivity contribution in [1.29, 1.82) is 0 Å². The molecule has 0 aromatic carbocycles. The minimum Gasteiger partial charge on any atom is -0.480 e. The number of ether oxygens (including phenoxy) is 1. The smallest absolute Gasteiger partial charge is 0.323 e. The van der Waals surface area contributed by atoms with Gasteiger partial charge in [-0.15, -0.1) is 0 Å². The molecule has 0 aliphatic rings. The molecule has 0 spiro atoms. The Morgan fingerprint density at radius 3 is 2.43 bits per heavy atom. The fraction of sp³-hybridized carbons (Fsp3) is 0.938. The molecule has 126 valence electrons. The first kappa shape index (κ1) is 20.3. The predicted octanol–water partition coefficient (Wildman–Crippen LogP) is 2.36. The molecule has 0 rings (SSSR count). The first-order valence-electron chi connectivity index (χ1n) is 8.34. The second-order valence-electron chi connectivity index (χ2n) is 5.40. The average molecular weight is 302 g/mol. The molecule has 0 aromatic rings. The van der Waals surface area contributed by atoms with Crippen LogP contribution in [0.5, 0.6) is 0 Å². The van der Waals surface area contributed by atoms with Crippen molar-refractivity contribution >= 4 is 5.97 Å². The van der Waals surface area contributed by atoms with E-state index in [1.165, 1.54) is 0 Å². The van der Waals surface area contributed by atoms with Gasteiger partial charge in [0.2, 0.25) is 0 Å². The van der Waals surface area contributed by atoms with Crippen molar-refractivity contribution in [2.75, 3.05) is 39.4 Å². The van der Waals surface area contributed by atoms with Gasteiger partial charge < -0.3 is 20.1 Å². The van der Waals surface area contributed by atoms with Gasteiger partial charge >= 0.3 is 5.97 Å². The van der Waals surface area contributed by atoms with Gasteiger partial charge in [-0.1, -0.05) is 20.8 Å². The maximum Gasteiger partial charge on any atom is 0.323 e. The lowest BCUT2D eigenvalue weighted by Gasteiger charge is -2.30. The molecule has 1 atom stereocenters. The van der Waals surface area contributed by atoms with Crippen LogP contribution in [0.25, 0.3) is 0 Å². The molecule has 0 aromatic heterocycles. The molecule has 5 nitrogen and oxygen atoms in total. The molecule has 0 radical (unpaired) electrons. The van der Waals surface area contributed by atoms with Gasteiger partial charge in [0.05, 0.1) is 6.61 Å². The molecule has 1 unspecified atom stereocenters. The Morgan fingerprint density at radius 2 is 1.95 bits per heavy atom. The zero-order chi connectivity index (χ0) is 16.1. The summed E-state index contributed by atoms with van der Waals surface area (Å²) >= 11 is 0. The van der Waals surface area contributed by atoms with Crippen molar-refractivity contribution in [3.8, 4) is 0 Å². The van der Waals surface area contributed by atoms with E-state index in [1.54, 1.807) is 0 Å². The summed E-state index contributed by atoms with van der Waals surface area (Å²) < 4.78 is 5.38. The Balaban J connectivity index is 4.30. The highest BCUT2D eigenvalue weighted by molar-refractivity contribution is 5.78. The highest BCUT2D eigenvalue weighted by Crippen LogP contribution is 2.18. The van der Waals surface area contributed by atoms with E-state index in [4.69, 9.17) is 4.74 Å². The number of hydrogen-bond donors (Lipinski definition) is 2. The Morgan fingerprint density at radius 1 is 1.24 bits per heavy atom. The molecular formula is C16H34N2O3. The molecule has 0 fully saturated rings. The molecule has 2 N–H and O–H groups in total. The zero-order valence-electron chi connectivity index (χ0n) is 14.3. The minimum absolute atomic E-state index is 0.618. The van der Waals surface area contributed by atoms with Crippen molar-refractivity contribution in [2.24, 2.45) is 0 Å². The number of carboxylic acid groups (broad SMARTS) is 1. The molecule has 0 amide bonds. The number of likely N-dealkylation sites (N-methyl/N-ethyl adjacent to an activating group) is 1. The Labute approximate surface area is 130 Å². The fourth-order valence-corrected chi connectivity index (χ4v) is 2.46. The highest BCUT2D eigenvalue weighted by atomic mass is 16.5. The third kappa shape index (κ3) is 7.79. The summed E-state index contributed by atoms with van der Waals surface area (Å²) in [6.07, 6.45) is 3.12. The molecule has 0 aliphatic heterocycles. The molecule has 0 saturated heterocycles. The van der Waals surface area contributed by atoms with Gasteiger partial charge in [0.15, 0.2) is 0 Å². The van der Waals surface area contributed by atoms with Gasteiger partial charge in [-0.05, 0) is 52.2 Å².